The average Bonchev–Trinajstić information content (AvgIpc) is 2.90. The standard InChI is InChI=1S/C28H31FN4O/c29-24-11-9-23(10-12-24)26-30-20-25(28(34)33-15-5-2-6-16-33)27(31-26)32-17-13-22(14-18-32)19-21-7-3-1-4-8-21/h1,3-4,7-12,20,22H,2,5-6,13-19H2. The van der Waals surface area contributed by atoms with Crippen LogP contribution < -0.4 is 4.90 Å². The Morgan fingerprint density at radius 2 is 1.62 bits per heavy atom. The van der Waals surface area contributed by atoms with E-state index >= 15 is 0 Å². The maximum Gasteiger partial charge on any atom is 0.259 e. The van der Waals surface area contributed by atoms with Gasteiger partial charge in [-0.3, -0.25) is 4.79 Å². The van der Waals surface area contributed by atoms with Gasteiger partial charge in [0.2, 0.25) is 0 Å². The number of carbonyl (C=O) groups excluding carboxylic acids is 1. The lowest BCUT2D eigenvalue weighted by atomic mass is 9.90. The first-order chi connectivity index (χ1) is 16.7. The number of nitrogens with zero attached hydrogens (tertiary/aromatic N) is 4. The molecule has 0 N–H and O–H groups in total. The van der Waals surface area contributed by atoms with Crippen molar-refractivity contribution in [1.82, 2.24) is 14.9 Å². The van der Waals surface area contributed by atoms with Crippen molar-refractivity contribution < 1.29 is 9.18 Å². The monoisotopic (exact) mass is 458 g/mol. The number of amides is 1. The third-order valence-corrected chi connectivity index (χ3v) is 7.03. The van der Waals surface area contributed by atoms with Crippen LogP contribution >= 0.6 is 0 Å². The molecule has 6 heteroatoms. The molecule has 0 atom stereocenters. The second kappa shape index (κ2) is 10.3. The Hall–Kier alpha value is -3.28. The maximum atomic E-state index is 13.4. The fourth-order valence-corrected chi connectivity index (χ4v) is 5.07. The highest BCUT2D eigenvalue weighted by molar-refractivity contribution is 5.99. The van der Waals surface area contributed by atoms with Crippen LogP contribution in [-0.2, 0) is 6.42 Å². The molecule has 5 nitrogen and oxygen atoms in total. The van der Waals surface area contributed by atoms with Crippen LogP contribution in [0.3, 0.4) is 0 Å². The average molecular weight is 459 g/mol. The number of hydrogen-bond acceptors (Lipinski definition) is 4. The molecule has 0 spiro atoms. The summed E-state index contributed by atoms with van der Waals surface area (Å²) in [7, 11) is 0. The molecular formula is C28H31FN4O. The van der Waals surface area contributed by atoms with Gasteiger partial charge >= 0.3 is 0 Å². The zero-order valence-corrected chi connectivity index (χ0v) is 19.5. The van der Waals surface area contributed by atoms with Crippen LogP contribution in [0.4, 0.5) is 10.2 Å². The van der Waals surface area contributed by atoms with Crippen molar-refractivity contribution >= 4 is 11.7 Å². The molecule has 1 aromatic heterocycles. The fraction of sp³-hybridized carbons (Fsp3) is 0.393. The maximum absolute atomic E-state index is 13.4. The van der Waals surface area contributed by atoms with Crippen molar-refractivity contribution in [2.24, 2.45) is 5.92 Å². The molecule has 5 rings (SSSR count). The summed E-state index contributed by atoms with van der Waals surface area (Å²) in [5.74, 6) is 1.59. The molecule has 2 aromatic carbocycles. The van der Waals surface area contributed by atoms with Crippen LogP contribution in [0.5, 0.6) is 0 Å². The molecule has 34 heavy (non-hydrogen) atoms. The Morgan fingerprint density at radius 1 is 0.912 bits per heavy atom. The number of hydrogen-bond donors (Lipinski definition) is 0. The summed E-state index contributed by atoms with van der Waals surface area (Å²) in [5.41, 5.74) is 2.70. The van der Waals surface area contributed by atoms with Gasteiger partial charge in [0, 0.05) is 37.9 Å². The van der Waals surface area contributed by atoms with Crippen LogP contribution in [0.1, 0.15) is 48.0 Å². The molecular weight excluding hydrogens is 427 g/mol. The van der Waals surface area contributed by atoms with Crippen molar-refractivity contribution in [3.05, 3.63) is 77.7 Å². The number of anilines is 1. The van der Waals surface area contributed by atoms with E-state index in [-0.39, 0.29) is 11.7 Å². The Morgan fingerprint density at radius 3 is 2.32 bits per heavy atom. The Kier molecular flexibility index (Phi) is 6.84. The van der Waals surface area contributed by atoms with Crippen LogP contribution in [-0.4, -0.2) is 47.0 Å². The van der Waals surface area contributed by atoms with Gasteiger partial charge in [-0.25, -0.2) is 14.4 Å². The van der Waals surface area contributed by atoms with E-state index in [0.29, 0.717) is 23.1 Å². The van der Waals surface area contributed by atoms with E-state index < -0.39 is 0 Å². The van der Waals surface area contributed by atoms with Crippen molar-refractivity contribution in [2.45, 2.75) is 38.5 Å². The lowest BCUT2D eigenvalue weighted by Crippen LogP contribution is -2.39. The molecule has 176 valence electrons. The Balaban J connectivity index is 1.39. The van der Waals surface area contributed by atoms with Gasteiger partial charge in [-0.05, 0) is 74.3 Å². The third-order valence-electron chi connectivity index (χ3n) is 7.03. The first kappa shape index (κ1) is 22.5. The second-order valence-electron chi connectivity index (χ2n) is 9.41. The van der Waals surface area contributed by atoms with Gasteiger partial charge in [0.25, 0.3) is 5.91 Å². The number of halogens is 1. The molecule has 0 aliphatic carbocycles. The first-order valence-electron chi connectivity index (χ1n) is 12.4. The predicted molar refractivity (Wildman–Crippen MR) is 132 cm³/mol. The summed E-state index contributed by atoms with van der Waals surface area (Å²) in [5, 5.41) is 0. The molecule has 1 amide bonds. The first-order valence-corrected chi connectivity index (χ1v) is 12.4. The SMILES string of the molecule is O=C(c1cnc(-c2ccc(F)cc2)nc1N1CCC(Cc2ccccc2)CC1)N1CCCCC1. The van der Waals surface area contributed by atoms with Gasteiger partial charge in [-0.2, -0.15) is 0 Å². The Bertz CT molecular complexity index is 1110. The summed E-state index contributed by atoms with van der Waals surface area (Å²) in [6, 6.07) is 16.9. The summed E-state index contributed by atoms with van der Waals surface area (Å²) in [6.45, 7) is 3.30. The molecule has 2 aliphatic heterocycles. The molecule has 2 fully saturated rings. The molecule has 2 saturated heterocycles. The zero-order valence-electron chi connectivity index (χ0n) is 19.5. The minimum absolute atomic E-state index is 0.0202. The molecule has 0 bridgehead atoms. The molecule has 0 unspecified atom stereocenters. The highest BCUT2D eigenvalue weighted by Gasteiger charge is 2.28. The van der Waals surface area contributed by atoms with Crippen LogP contribution in [0.15, 0.2) is 60.8 Å². The van der Waals surface area contributed by atoms with E-state index in [2.05, 4.69) is 40.2 Å². The van der Waals surface area contributed by atoms with Crippen molar-refractivity contribution in [1.29, 1.82) is 0 Å². The molecule has 2 aliphatic rings. The van der Waals surface area contributed by atoms with Gasteiger partial charge in [0.15, 0.2) is 5.82 Å². The van der Waals surface area contributed by atoms with Gasteiger partial charge in [-0.1, -0.05) is 30.3 Å². The van der Waals surface area contributed by atoms with E-state index in [1.165, 1.54) is 24.1 Å². The highest BCUT2D eigenvalue weighted by Crippen LogP contribution is 2.30. The largest absolute Gasteiger partial charge is 0.356 e. The van der Waals surface area contributed by atoms with Crippen molar-refractivity contribution in [3.8, 4) is 11.4 Å². The highest BCUT2D eigenvalue weighted by atomic mass is 19.1. The van der Waals surface area contributed by atoms with Crippen LogP contribution in [0.2, 0.25) is 0 Å². The number of piperidine rings is 2. The summed E-state index contributed by atoms with van der Waals surface area (Å²) in [4.78, 5) is 27.0. The number of benzene rings is 2. The van der Waals surface area contributed by atoms with E-state index in [1.54, 1.807) is 18.3 Å². The smallest absolute Gasteiger partial charge is 0.259 e. The lowest BCUT2D eigenvalue weighted by molar-refractivity contribution is 0.0724. The van der Waals surface area contributed by atoms with Gasteiger partial charge in [0.05, 0.1) is 0 Å². The van der Waals surface area contributed by atoms with Crippen LogP contribution in [0, 0.1) is 11.7 Å². The normalized spacial score (nSPS) is 17.1. The van der Waals surface area contributed by atoms with E-state index in [1.807, 2.05) is 4.90 Å². The van der Waals surface area contributed by atoms with E-state index in [9.17, 15) is 9.18 Å². The molecule has 0 radical (unpaired) electrons. The topological polar surface area (TPSA) is 49.3 Å². The van der Waals surface area contributed by atoms with Crippen LogP contribution in [0.25, 0.3) is 11.4 Å². The number of carbonyl (C=O) groups is 1. The minimum atomic E-state index is -0.290. The second-order valence-corrected chi connectivity index (χ2v) is 9.41. The third kappa shape index (κ3) is 5.11. The zero-order chi connectivity index (χ0) is 23.3. The van der Waals surface area contributed by atoms with Crippen molar-refractivity contribution in [3.63, 3.8) is 0 Å². The number of likely N-dealkylation sites (tertiary alicyclic amines) is 1. The van der Waals surface area contributed by atoms with Gasteiger partial charge < -0.3 is 9.80 Å². The minimum Gasteiger partial charge on any atom is -0.356 e. The lowest BCUT2D eigenvalue weighted by Gasteiger charge is -2.35. The van der Waals surface area contributed by atoms with E-state index in [0.717, 1.165) is 63.8 Å². The summed E-state index contributed by atoms with van der Waals surface area (Å²) >= 11 is 0. The quantitative estimate of drug-likeness (QED) is 0.516. The van der Waals surface area contributed by atoms with Crippen molar-refractivity contribution in [2.75, 3.05) is 31.1 Å². The number of aromatic nitrogens is 2. The fourth-order valence-electron chi connectivity index (χ4n) is 5.07. The molecule has 3 heterocycles. The van der Waals surface area contributed by atoms with Gasteiger partial charge in [0.1, 0.15) is 17.2 Å². The number of rotatable bonds is 5. The molecule has 3 aromatic rings. The Labute approximate surface area is 200 Å². The summed E-state index contributed by atoms with van der Waals surface area (Å²) < 4.78 is 13.4. The summed E-state index contributed by atoms with van der Waals surface area (Å²) in [6.07, 6.45) is 8.13. The van der Waals surface area contributed by atoms with Gasteiger partial charge in [-0.15, -0.1) is 0 Å². The predicted octanol–water partition coefficient (Wildman–Crippen LogP) is 5.37. The van der Waals surface area contributed by atoms with E-state index in [4.69, 9.17) is 4.98 Å². The molecule has 0 saturated carbocycles.